The summed E-state index contributed by atoms with van der Waals surface area (Å²) in [7, 11) is 2.26. The summed E-state index contributed by atoms with van der Waals surface area (Å²) in [5.74, 6) is 0. The third-order valence-electron chi connectivity index (χ3n) is 8.33. The Morgan fingerprint density at radius 2 is 1.63 bits per heavy atom. The van der Waals surface area contributed by atoms with E-state index in [1.165, 1.54) is 59.5 Å². The molecule has 3 heteroatoms. The first kappa shape index (κ1) is 24.6. The van der Waals surface area contributed by atoms with Crippen molar-refractivity contribution in [1.82, 2.24) is 4.90 Å². The minimum atomic E-state index is -0.105. The highest BCUT2D eigenvalue weighted by molar-refractivity contribution is 7.19. The molecule has 0 saturated heterocycles. The quantitative estimate of drug-likeness (QED) is 0.213. The number of hydrogen-bond donors (Lipinski definition) is 0. The van der Waals surface area contributed by atoms with Crippen molar-refractivity contribution in [2.75, 3.05) is 7.05 Å². The van der Waals surface area contributed by atoms with Gasteiger partial charge in [-0.05, 0) is 80.0 Å². The lowest BCUT2D eigenvalue weighted by atomic mass is 9.82. The molecule has 1 atom stereocenters. The maximum absolute atomic E-state index is 2.50. The summed E-state index contributed by atoms with van der Waals surface area (Å²) in [4.78, 5) is 2.50. The Bertz CT molecular complexity index is 1720. The molecule has 1 aliphatic heterocycles. The molecule has 0 spiro atoms. The summed E-state index contributed by atoms with van der Waals surface area (Å²) >= 11 is 1.87. The molecular formula is C35H35N2S+. The van der Waals surface area contributed by atoms with Crippen molar-refractivity contribution in [3.05, 3.63) is 124 Å². The van der Waals surface area contributed by atoms with Crippen molar-refractivity contribution in [2.45, 2.75) is 46.2 Å². The number of aryl methyl sites for hydroxylation is 3. The molecule has 1 aromatic heterocycles. The van der Waals surface area contributed by atoms with E-state index in [2.05, 4.69) is 141 Å². The van der Waals surface area contributed by atoms with E-state index in [9.17, 15) is 0 Å². The normalized spacial score (nSPS) is 18.3. The maximum atomic E-state index is 2.50. The summed E-state index contributed by atoms with van der Waals surface area (Å²) in [6.07, 6.45) is 7.85. The molecule has 2 nitrogen and oxygen atoms in total. The van der Waals surface area contributed by atoms with E-state index >= 15 is 0 Å². The summed E-state index contributed by atoms with van der Waals surface area (Å²) in [6.45, 7) is 10.1. The summed E-state index contributed by atoms with van der Waals surface area (Å²) in [5.41, 5.74) is 9.45. The van der Waals surface area contributed by atoms with Crippen molar-refractivity contribution in [1.29, 1.82) is 0 Å². The average molecular weight is 516 g/mol. The number of hydrogen-bond acceptors (Lipinski definition) is 2. The Labute approximate surface area is 230 Å². The van der Waals surface area contributed by atoms with Crippen LogP contribution in [0.1, 0.15) is 46.7 Å². The Morgan fingerprint density at radius 1 is 0.895 bits per heavy atom. The molecule has 5 aromatic rings. The summed E-state index contributed by atoms with van der Waals surface area (Å²) in [6, 6.07) is 28.7. The average Bonchev–Trinajstić information content (AvgIpc) is 3.40. The van der Waals surface area contributed by atoms with E-state index in [0.717, 1.165) is 13.0 Å². The van der Waals surface area contributed by atoms with E-state index in [-0.39, 0.29) is 5.54 Å². The summed E-state index contributed by atoms with van der Waals surface area (Å²) in [5, 5.41) is 3.91. The smallest absolute Gasteiger partial charge is 0.262 e. The Kier molecular flexibility index (Phi) is 6.20. The SMILES string of the molecule is CC[n+]1c(C=CC=C2c3c(C)ccc(C)c3C(C)(Cc3ccccc3)N2C)sc2ccc3ccccc3c21. The van der Waals surface area contributed by atoms with Gasteiger partial charge >= 0.3 is 0 Å². The minimum absolute atomic E-state index is 0.105. The highest BCUT2D eigenvalue weighted by Gasteiger charge is 2.43. The zero-order valence-corrected chi connectivity index (χ0v) is 23.8. The number of fused-ring (bicyclic) bond motifs is 4. The second-order valence-corrected chi connectivity index (χ2v) is 11.7. The number of likely N-dealkylation sites (N-methyl/N-ethyl adjacent to an activating group) is 1. The molecule has 0 saturated carbocycles. The predicted molar refractivity (Wildman–Crippen MR) is 163 cm³/mol. The molecule has 38 heavy (non-hydrogen) atoms. The number of allylic oxidation sites excluding steroid dienone is 2. The zero-order chi connectivity index (χ0) is 26.4. The van der Waals surface area contributed by atoms with Crippen LogP contribution < -0.4 is 4.57 Å². The predicted octanol–water partition coefficient (Wildman–Crippen LogP) is 8.44. The molecule has 190 valence electrons. The van der Waals surface area contributed by atoms with Gasteiger partial charge in [-0.15, -0.1) is 0 Å². The van der Waals surface area contributed by atoms with Crippen LogP contribution in [0.3, 0.4) is 0 Å². The van der Waals surface area contributed by atoms with Gasteiger partial charge in [0, 0.05) is 24.4 Å². The molecule has 0 N–H and O–H groups in total. The van der Waals surface area contributed by atoms with Crippen LogP contribution >= 0.6 is 11.3 Å². The standard InChI is InChI=1S/C35H35N2S/c1-6-37-31(38-30-22-21-27-15-10-11-16-28(27)34(30)37)18-12-17-29-32-24(2)19-20-25(3)33(32)35(4,36(29)5)23-26-13-8-7-9-14-26/h7-22H,6,23H2,1-5H3/q+1. The molecule has 6 rings (SSSR count). The number of benzene rings is 4. The van der Waals surface area contributed by atoms with Crippen LogP contribution in [0.2, 0.25) is 0 Å². The lowest BCUT2D eigenvalue weighted by Crippen LogP contribution is -2.37. The van der Waals surface area contributed by atoms with Gasteiger partial charge in [0.25, 0.3) is 5.01 Å². The fraction of sp³-hybridized carbons (Fsp3) is 0.229. The van der Waals surface area contributed by atoms with Gasteiger partial charge in [-0.1, -0.05) is 84.1 Å². The van der Waals surface area contributed by atoms with Crippen LogP contribution in [-0.2, 0) is 18.5 Å². The number of rotatable bonds is 5. The zero-order valence-electron chi connectivity index (χ0n) is 23.0. The van der Waals surface area contributed by atoms with Crippen LogP contribution in [0.5, 0.6) is 0 Å². The van der Waals surface area contributed by atoms with E-state index in [1.807, 2.05) is 11.3 Å². The van der Waals surface area contributed by atoms with Gasteiger partial charge in [0.05, 0.1) is 10.9 Å². The van der Waals surface area contributed by atoms with Crippen LogP contribution in [0.25, 0.3) is 32.8 Å². The van der Waals surface area contributed by atoms with E-state index in [1.54, 1.807) is 0 Å². The molecule has 0 bridgehead atoms. The molecule has 0 fully saturated rings. The van der Waals surface area contributed by atoms with E-state index in [0.29, 0.717) is 0 Å². The topological polar surface area (TPSA) is 7.12 Å². The molecule has 0 radical (unpaired) electrons. The van der Waals surface area contributed by atoms with Gasteiger partial charge in [0.1, 0.15) is 11.2 Å². The first-order valence-electron chi connectivity index (χ1n) is 13.5. The summed E-state index contributed by atoms with van der Waals surface area (Å²) < 4.78 is 3.79. The first-order chi connectivity index (χ1) is 18.4. The van der Waals surface area contributed by atoms with Crippen molar-refractivity contribution < 1.29 is 4.57 Å². The van der Waals surface area contributed by atoms with Gasteiger partial charge in [0.2, 0.25) is 5.52 Å². The third kappa shape index (κ3) is 3.88. The number of aromatic nitrogens is 1. The lowest BCUT2D eigenvalue weighted by Gasteiger charge is -2.36. The fourth-order valence-electron chi connectivity index (χ4n) is 6.37. The van der Waals surface area contributed by atoms with Crippen molar-refractivity contribution in [3.63, 3.8) is 0 Å². The second-order valence-electron chi connectivity index (χ2n) is 10.7. The second kappa shape index (κ2) is 9.56. The van der Waals surface area contributed by atoms with Crippen LogP contribution in [-0.4, -0.2) is 11.9 Å². The Morgan fingerprint density at radius 3 is 2.42 bits per heavy atom. The van der Waals surface area contributed by atoms with E-state index < -0.39 is 0 Å². The van der Waals surface area contributed by atoms with Crippen molar-refractivity contribution in [3.8, 4) is 0 Å². The van der Waals surface area contributed by atoms with E-state index in [4.69, 9.17) is 0 Å². The van der Waals surface area contributed by atoms with Crippen molar-refractivity contribution >= 4 is 44.1 Å². The van der Waals surface area contributed by atoms with Crippen LogP contribution in [0.4, 0.5) is 0 Å². The lowest BCUT2D eigenvalue weighted by molar-refractivity contribution is -0.664. The monoisotopic (exact) mass is 515 g/mol. The number of nitrogens with zero attached hydrogens (tertiary/aromatic N) is 2. The molecule has 1 aliphatic rings. The molecule has 1 unspecified atom stereocenters. The largest absolute Gasteiger partial charge is 0.364 e. The number of thiazole rings is 1. The van der Waals surface area contributed by atoms with Crippen LogP contribution in [0, 0.1) is 13.8 Å². The van der Waals surface area contributed by atoms with Crippen LogP contribution in [0.15, 0.2) is 91.0 Å². The maximum Gasteiger partial charge on any atom is 0.262 e. The third-order valence-corrected chi connectivity index (χ3v) is 9.45. The van der Waals surface area contributed by atoms with Gasteiger partial charge in [-0.25, -0.2) is 0 Å². The van der Waals surface area contributed by atoms with Gasteiger partial charge < -0.3 is 4.90 Å². The van der Waals surface area contributed by atoms with Gasteiger partial charge in [-0.2, -0.15) is 4.57 Å². The van der Waals surface area contributed by atoms with Gasteiger partial charge in [-0.3, -0.25) is 0 Å². The van der Waals surface area contributed by atoms with Gasteiger partial charge in [0.15, 0.2) is 0 Å². The minimum Gasteiger partial charge on any atom is -0.364 e. The highest BCUT2D eigenvalue weighted by atomic mass is 32.1. The molecule has 2 heterocycles. The molecular weight excluding hydrogens is 480 g/mol. The Hall–Kier alpha value is -3.69. The molecule has 0 amide bonds. The highest BCUT2D eigenvalue weighted by Crippen LogP contribution is 2.49. The molecule has 0 aliphatic carbocycles. The first-order valence-corrected chi connectivity index (χ1v) is 14.4. The Balaban J connectivity index is 1.44. The van der Waals surface area contributed by atoms with Crippen molar-refractivity contribution in [2.24, 2.45) is 0 Å². The fourth-order valence-corrected chi connectivity index (χ4v) is 7.52. The molecule has 4 aromatic carbocycles.